The molecule has 15 heavy (non-hydrogen) atoms. The Morgan fingerprint density at radius 2 is 2.00 bits per heavy atom. The molecule has 0 aromatic rings. The zero-order valence-corrected chi connectivity index (χ0v) is 10.0. The molecule has 0 rings (SSSR count). The molecule has 0 aromatic carbocycles. The largest absolute Gasteiger partial charge is 0.396 e. The van der Waals surface area contributed by atoms with E-state index in [1.807, 2.05) is 13.8 Å². The molecule has 1 unspecified atom stereocenters. The number of carbonyl (C=O) groups excluding carboxylic acids is 1. The summed E-state index contributed by atoms with van der Waals surface area (Å²) in [5, 5.41) is 14.7. The van der Waals surface area contributed by atoms with Crippen molar-refractivity contribution >= 4 is 5.91 Å². The van der Waals surface area contributed by atoms with Crippen molar-refractivity contribution in [1.29, 1.82) is 0 Å². The lowest BCUT2D eigenvalue weighted by Crippen LogP contribution is -2.34. The average Bonchev–Trinajstić information content (AvgIpc) is 2.13. The molecule has 1 atom stereocenters. The van der Waals surface area contributed by atoms with E-state index < -0.39 is 0 Å². The van der Waals surface area contributed by atoms with Gasteiger partial charge in [0.2, 0.25) is 5.91 Å². The number of hydrogen-bond donors (Lipinski definition) is 3. The van der Waals surface area contributed by atoms with Crippen molar-refractivity contribution < 1.29 is 9.90 Å². The minimum atomic E-state index is 0.0897. The van der Waals surface area contributed by atoms with Crippen LogP contribution in [0.15, 0.2) is 0 Å². The van der Waals surface area contributed by atoms with Crippen LogP contribution < -0.4 is 10.6 Å². The van der Waals surface area contributed by atoms with Gasteiger partial charge in [-0.2, -0.15) is 0 Å². The normalized spacial score (nSPS) is 12.9. The van der Waals surface area contributed by atoms with E-state index in [2.05, 4.69) is 17.6 Å². The summed E-state index contributed by atoms with van der Waals surface area (Å²) in [6.45, 7) is 6.91. The fraction of sp³-hybridized carbons (Fsp3) is 0.909. The van der Waals surface area contributed by atoms with Crippen LogP contribution in [0.3, 0.4) is 0 Å². The minimum Gasteiger partial charge on any atom is -0.396 e. The third-order valence-corrected chi connectivity index (χ3v) is 2.09. The number of rotatable bonds is 8. The first-order valence-electron chi connectivity index (χ1n) is 5.70. The van der Waals surface area contributed by atoms with Crippen molar-refractivity contribution in [2.45, 2.75) is 52.1 Å². The van der Waals surface area contributed by atoms with Crippen LogP contribution in [0.2, 0.25) is 0 Å². The maximum atomic E-state index is 11.3. The van der Waals surface area contributed by atoms with Gasteiger partial charge in [-0.3, -0.25) is 4.79 Å². The number of aliphatic hydroxyl groups is 1. The Morgan fingerprint density at radius 1 is 1.33 bits per heavy atom. The molecule has 4 nitrogen and oxygen atoms in total. The summed E-state index contributed by atoms with van der Waals surface area (Å²) >= 11 is 0. The van der Waals surface area contributed by atoms with Gasteiger partial charge in [0.25, 0.3) is 0 Å². The highest BCUT2D eigenvalue weighted by atomic mass is 16.2. The number of amides is 1. The summed E-state index contributed by atoms with van der Waals surface area (Å²) in [7, 11) is 0. The van der Waals surface area contributed by atoms with Gasteiger partial charge in [-0.15, -0.1) is 0 Å². The van der Waals surface area contributed by atoms with E-state index in [0.717, 1.165) is 12.8 Å². The van der Waals surface area contributed by atoms with E-state index in [1.54, 1.807) is 0 Å². The summed E-state index contributed by atoms with van der Waals surface area (Å²) in [5.74, 6) is 0.0897. The average molecular weight is 216 g/mol. The van der Waals surface area contributed by atoms with Gasteiger partial charge in [0.15, 0.2) is 0 Å². The predicted octanol–water partition coefficient (Wildman–Crippen LogP) is 0.652. The third kappa shape index (κ3) is 9.69. The molecule has 0 heterocycles. The Balaban J connectivity index is 3.40. The number of aliphatic hydroxyl groups excluding tert-OH is 1. The smallest absolute Gasteiger partial charge is 0.221 e. The second kappa shape index (κ2) is 8.68. The lowest BCUT2D eigenvalue weighted by molar-refractivity contribution is -0.121. The lowest BCUT2D eigenvalue weighted by atomic mass is 10.2. The first kappa shape index (κ1) is 14.4. The molecule has 0 aromatic heterocycles. The molecule has 0 saturated carbocycles. The van der Waals surface area contributed by atoms with Crippen molar-refractivity contribution in [2.24, 2.45) is 0 Å². The van der Waals surface area contributed by atoms with Gasteiger partial charge in [-0.1, -0.05) is 0 Å². The molecule has 0 fully saturated rings. The van der Waals surface area contributed by atoms with Crippen LogP contribution in [0, 0.1) is 0 Å². The van der Waals surface area contributed by atoms with Crippen LogP contribution >= 0.6 is 0 Å². The van der Waals surface area contributed by atoms with Crippen LogP contribution in [0.25, 0.3) is 0 Å². The first-order valence-corrected chi connectivity index (χ1v) is 5.70. The van der Waals surface area contributed by atoms with Crippen molar-refractivity contribution in [1.82, 2.24) is 10.6 Å². The molecule has 90 valence electrons. The van der Waals surface area contributed by atoms with Gasteiger partial charge in [0, 0.05) is 31.7 Å². The Bertz CT molecular complexity index is 172. The highest BCUT2D eigenvalue weighted by molar-refractivity contribution is 5.76. The lowest BCUT2D eigenvalue weighted by Gasteiger charge is -2.13. The zero-order valence-electron chi connectivity index (χ0n) is 10.0. The van der Waals surface area contributed by atoms with Gasteiger partial charge < -0.3 is 15.7 Å². The Morgan fingerprint density at radius 3 is 2.53 bits per heavy atom. The Hall–Kier alpha value is -0.610. The molecule has 0 aliphatic rings. The second-order valence-electron chi connectivity index (χ2n) is 4.19. The fourth-order valence-electron chi connectivity index (χ4n) is 1.33. The second-order valence-corrected chi connectivity index (χ2v) is 4.19. The Kier molecular flexibility index (Phi) is 8.33. The van der Waals surface area contributed by atoms with Crippen LogP contribution in [0.5, 0.6) is 0 Å². The molecule has 1 amide bonds. The van der Waals surface area contributed by atoms with Crippen LogP contribution in [0.1, 0.15) is 40.0 Å². The van der Waals surface area contributed by atoms with Gasteiger partial charge in [-0.25, -0.2) is 0 Å². The molecule has 4 heteroatoms. The van der Waals surface area contributed by atoms with E-state index in [0.29, 0.717) is 19.0 Å². The maximum absolute atomic E-state index is 11.3. The molecule has 0 spiro atoms. The van der Waals surface area contributed by atoms with E-state index >= 15 is 0 Å². The van der Waals surface area contributed by atoms with Gasteiger partial charge in [-0.05, 0) is 33.6 Å². The summed E-state index contributed by atoms with van der Waals surface area (Å²) in [6.07, 6.45) is 2.27. The van der Waals surface area contributed by atoms with Crippen molar-refractivity contribution in [3.8, 4) is 0 Å². The quantitative estimate of drug-likeness (QED) is 0.558. The molecular formula is C11H24N2O2. The van der Waals surface area contributed by atoms with Crippen molar-refractivity contribution in [2.75, 3.05) is 13.2 Å². The molecule has 0 radical (unpaired) electrons. The van der Waals surface area contributed by atoms with Crippen molar-refractivity contribution in [3.05, 3.63) is 0 Å². The van der Waals surface area contributed by atoms with Crippen LogP contribution in [-0.4, -0.2) is 36.2 Å². The first-order chi connectivity index (χ1) is 7.06. The number of nitrogens with one attached hydrogen (secondary N) is 2. The van der Waals surface area contributed by atoms with Gasteiger partial charge >= 0.3 is 0 Å². The monoisotopic (exact) mass is 216 g/mol. The highest BCUT2D eigenvalue weighted by Gasteiger charge is 2.04. The van der Waals surface area contributed by atoms with Gasteiger partial charge in [0.1, 0.15) is 0 Å². The molecule has 0 saturated heterocycles. The van der Waals surface area contributed by atoms with Crippen LogP contribution in [-0.2, 0) is 4.79 Å². The summed E-state index contributed by atoms with van der Waals surface area (Å²) in [5.41, 5.74) is 0. The SMILES string of the molecule is CC(C)NC(=O)CCNC(C)CCCO. The molecule has 3 N–H and O–H groups in total. The minimum absolute atomic E-state index is 0.0897. The predicted molar refractivity (Wildman–Crippen MR) is 61.7 cm³/mol. The highest BCUT2D eigenvalue weighted by Crippen LogP contribution is 1.95. The molecule has 0 aliphatic carbocycles. The zero-order chi connectivity index (χ0) is 11.7. The van der Waals surface area contributed by atoms with E-state index in [1.165, 1.54) is 0 Å². The van der Waals surface area contributed by atoms with Crippen LogP contribution in [0.4, 0.5) is 0 Å². The summed E-state index contributed by atoms with van der Waals surface area (Å²) in [6, 6.07) is 0.577. The van der Waals surface area contributed by atoms with Gasteiger partial charge in [0.05, 0.1) is 0 Å². The molecule has 0 aliphatic heterocycles. The summed E-state index contributed by atoms with van der Waals surface area (Å²) in [4.78, 5) is 11.3. The van der Waals surface area contributed by atoms with E-state index in [4.69, 9.17) is 5.11 Å². The van der Waals surface area contributed by atoms with E-state index in [-0.39, 0.29) is 18.6 Å². The van der Waals surface area contributed by atoms with Crippen molar-refractivity contribution in [3.63, 3.8) is 0 Å². The molecule has 0 bridgehead atoms. The maximum Gasteiger partial charge on any atom is 0.221 e. The van der Waals surface area contributed by atoms with E-state index in [9.17, 15) is 4.79 Å². The standard InChI is InChI=1S/C11H24N2O2/c1-9(2)13-11(15)6-7-12-10(3)5-4-8-14/h9-10,12,14H,4-8H2,1-3H3,(H,13,15). The number of hydrogen-bond acceptors (Lipinski definition) is 3. The third-order valence-electron chi connectivity index (χ3n) is 2.09. The fourth-order valence-corrected chi connectivity index (χ4v) is 1.33. The summed E-state index contributed by atoms with van der Waals surface area (Å²) < 4.78 is 0. The topological polar surface area (TPSA) is 61.4 Å². The molecular weight excluding hydrogens is 192 g/mol. The number of carbonyl (C=O) groups is 1. The Labute approximate surface area is 92.4 Å².